The molecule has 0 spiro atoms. The molecule has 0 bridgehead atoms. The summed E-state index contributed by atoms with van der Waals surface area (Å²) in [7, 11) is 7.28. The Bertz CT molecular complexity index is 1570. The number of hydrogen-bond donors (Lipinski definition) is 2. The molecule has 5 rings (SSSR count). The van der Waals surface area contributed by atoms with Gasteiger partial charge in [-0.05, 0) is 32.5 Å². The number of nitro benzene ring substituents is 1. The van der Waals surface area contributed by atoms with Gasteiger partial charge >= 0.3 is 0 Å². The number of thioether (sulfide) groups is 1. The maximum absolute atomic E-state index is 12.1. The Morgan fingerprint density at radius 3 is 2.80 bits per heavy atom. The quantitative estimate of drug-likeness (QED) is 0.138. The Labute approximate surface area is 243 Å². The average Bonchev–Trinajstić information content (AvgIpc) is 3.35. The zero-order valence-electron chi connectivity index (χ0n) is 23.8. The molecule has 0 atom stereocenters. The molecular formula is C29H35N7O4S. The topological polar surface area (TPSA) is 122 Å². The SMILES string of the molecule is COc1cc(N(C)CCN(C)C)c([N+](=O)[O-])cc1Nc1ncc(SCCO)c(-c2cn3c4c(cccc24)CCC3)n1. The van der Waals surface area contributed by atoms with Crippen molar-refractivity contribution in [2.24, 2.45) is 0 Å². The summed E-state index contributed by atoms with van der Waals surface area (Å²) in [6.45, 7) is 2.33. The molecule has 0 radical (unpaired) electrons. The number of nitrogens with zero attached hydrogens (tertiary/aromatic N) is 6. The minimum atomic E-state index is -0.388. The van der Waals surface area contributed by atoms with E-state index in [1.807, 2.05) is 30.9 Å². The van der Waals surface area contributed by atoms with Crippen molar-refractivity contribution in [3.63, 3.8) is 0 Å². The monoisotopic (exact) mass is 577 g/mol. The highest BCUT2D eigenvalue weighted by Gasteiger charge is 2.24. The van der Waals surface area contributed by atoms with Crippen molar-refractivity contribution < 1.29 is 14.8 Å². The van der Waals surface area contributed by atoms with Crippen molar-refractivity contribution in [1.29, 1.82) is 0 Å². The molecule has 12 heteroatoms. The minimum Gasteiger partial charge on any atom is -0.494 e. The molecule has 2 aromatic heterocycles. The number of methoxy groups -OCH3 is 1. The second-order valence-corrected chi connectivity index (χ2v) is 11.4. The van der Waals surface area contributed by atoms with Gasteiger partial charge in [0.2, 0.25) is 5.95 Å². The molecule has 0 fully saturated rings. The number of nitro groups is 1. The molecule has 11 nitrogen and oxygen atoms in total. The number of aliphatic hydroxyl groups is 1. The summed E-state index contributed by atoms with van der Waals surface area (Å²) < 4.78 is 7.93. The highest BCUT2D eigenvalue weighted by atomic mass is 32.2. The maximum atomic E-state index is 12.1. The first-order chi connectivity index (χ1) is 19.8. The van der Waals surface area contributed by atoms with E-state index in [4.69, 9.17) is 9.72 Å². The molecule has 1 aliphatic heterocycles. The number of aromatic nitrogens is 3. The third-order valence-electron chi connectivity index (χ3n) is 7.22. The summed E-state index contributed by atoms with van der Waals surface area (Å²) in [5.41, 5.74) is 5.11. The molecule has 2 N–H and O–H groups in total. The fraction of sp³-hybridized carbons (Fsp3) is 0.379. The van der Waals surface area contributed by atoms with Crippen LogP contribution in [0.5, 0.6) is 5.75 Å². The van der Waals surface area contributed by atoms with Gasteiger partial charge in [0.15, 0.2) is 0 Å². The van der Waals surface area contributed by atoms with Crippen LogP contribution in [0.3, 0.4) is 0 Å². The summed E-state index contributed by atoms with van der Waals surface area (Å²) in [6, 6.07) is 9.52. The molecule has 0 unspecified atom stereocenters. The standard InChI is InChI=1S/C29H35N7O4S/c1-33(2)11-12-34(3)23-16-25(40-4)22(15-24(23)36(38)39)31-29-30-17-26(41-14-13-37)27(32-29)21-18-35-10-6-8-19-7-5-9-20(21)28(19)35/h5,7,9,15-18,37H,6,8,10-14H2,1-4H3,(H,30,31,32). The van der Waals surface area contributed by atoms with E-state index < -0.39 is 0 Å². The number of nitrogens with one attached hydrogen (secondary N) is 1. The van der Waals surface area contributed by atoms with E-state index in [9.17, 15) is 15.2 Å². The normalized spacial score (nSPS) is 12.6. The Morgan fingerprint density at radius 1 is 1.24 bits per heavy atom. The van der Waals surface area contributed by atoms with Crippen LogP contribution in [0.25, 0.3) is 22.2 Å². The first kappa shape index (κ1) is 28.7. The number of likely N-dealkylation sites (N-methyl/N-ethyl adjacent to an activating group) is 2. The van der Waals surface area contributed by atoms with Gasteiger partial charge < -0.3 is 29.5 Å². The average molecular weight is 578 g/mol. The number of para-hydroxylation sites is 1. The van der Waals surface area contributed by atoms with Crippen LogP contribution in [0.15, 0.2) is 47.6 Å². The lowest BCUT2D eigenvalue weighted by Gasteiger charge is -2.22. The number of benzene rings is 2. The molecule has 41 heavy (non-hydrogen) atoms. The number of aliphatic hydroxyl groups excluding tert-OH is 1. The maximum Gasteiger partial charge on any atom is 0.294 e. The van der Waals surface area contributed by atoms with Gasteiger partial charge in [-0.2, -0.15) is 0 Å². The number of aryl methyl sites for hydroxylation is 2. The van der Waals surface area contributed by atoms with Crippen LogP contribution in [0.2, 0.25) is 0 Å². The first-order valence-electron chi connectivity index (χ1n) is 13.5. The van der Waals surface area contributed by atoms with Crippen LogP contribution in [-0.4, -0.2) is 83.2 Å². The van der Waals surface area contributed by atoms with E-state index in [1.165, 1.54) is 36.0 Å². The minimum absolute atomic E-state index is 0.0339. The van der Waals surface area contributed by atoms with E-state index in [2.05, 4.69) is 39.3 Å². The third kappa shape index (κ3) is 5.95. The molecule has 0 saturated heterocycles. The van der Waals surface area contributed by atoms with Crippen molar-refractivity contribution in [1.82, 2.24) is 19.4 Å². The molecule has 0 aliphatic carbocycles. The van der Waals surface area contributed by atoms with Crippen LogP contribution in [-0.2, 0) is 13.0 Å². The molecular weight excluding hydrogens is 542 g/mol. The number of rotatable bonds is 12. The second kappa shape index (κ2) is 12.3. The molecule has 0 saturated carbocycles. The highest BCUT2D eigenvalue weighted by Crippen LogP contribution is 2.41. The van der Waals surface area contributed by atoms with E-state index in [-0.39, 0.29) is 17.2 Å². The molecule has 2 aromatic carbocycles. The van der Waals surface area contributed by atoms with Crippen molar-refractivity contribution in [2.45, 2.75) is 24.3 Å². The van der Waals surface area contributed by atoms with Crippen molar-refractivity contribution >= 4 is 45.7 Å². The van der Waals surface area contributed by atoms with Crippen LogP contribution < -0.4 is 15.0 Å². The van der Waals surface area contributed by atoms with Crippen molar-refractivity contribution in [3.05, 3.63) is 58.4 Å². The van der Waals surface area contributed by atoms with Crippen LogP contribution in [0, 0.1) is 10.1 Å². The summed E-state index contributed by atoms with van der Waals surface area (Å²) in [5, 5.41) is 25.9. The smallest absolute Gasteiger partial charge is 0.294 e. The molecule has 4 aromatic rings. The predicted molar refractivity (Wildman–Crippen MR) is 164 cm³/mol. The van der Waals surface area contributed by atoms with Gasteiger partial charge in [0.1, 0.15) is 11.4 Å². The van der Waals surface area contributed by atoms with E-state index in [0.29, 0.717) is 35.4 Å². The van der Waals surface area contributed by atoms with Gasteiger partial charge in [0, 0.05) is 67.9 Å². The third-order valence-corrected chi connectivity index (χ3v) is 8.22. The molecule has 3 heterocycles. The molecule has 1 aliphatic rings. The Kier molecular flexibility index (Phi) is 8.62. The zero-order valence-corrected chi connectivity index (χ0v) is 24.6. The lowest BCUT2D eigenvalue weighted by molar-refractivity contribution is -0.384. The fourth-order valence-electron chi connectivity index (χ4n) is 5.20. The van der Waals surface area contributed by atoms with Crippen molar-refractivity contribution in [3.8, 4) is 17.0 Å². The lowest BCUT2D eigenvalue weighted by Crippen LogP contribution is -2.28. The largest absolute Gasteiger partial charge is 0.494 e. The van der Waals surface area contributed by atoms with Gasteiger partial charge in [0.25, 0.3) is 5.69 Å². The molecule has 0 amide bonds. The number of anilines is 3. The second-order valence-electron chi connectivity index (χ2n) is 10.3. The van der Waals surface area contributed by atoms with Crippen LogP contribution in [0.4, 0.5) is 23.0 Å². The van der Waals surface area contributed by atoms with Crippen LogP contribution in [0.1, 0.15) is 12.0 Å². The summed E-state index contributed by atoms with van der Waals surface area (Å²) in [4.78, 5) is 25.9. The van der Waals surface area contributed by atoms with Gasteiger partial charge in [-0.3, -0.25) is 10.1 Å². The van der Waals surface area contributed by atoms with Gasteiger partial charge in [-0.1, -0.05) is 18.2 Å². The zero-order chi connectivity index (χ0) is 29.1. The highest BCUT2D eigenvalue weighted by molar-refractivity contribution is 7.99. The summed E-state index contributed by atoms with van der Waals surface area (Å²) in [6.07, 6.45) is 6.01. The summed E-state index contributed by atoms with van der Waals surface area (Å²) >= 11 is 1.49. The van der Waals surface area contributed by atoms with E-state index >= 15 is 0 Å². The fourth-order valence-corrected chi connectivity index (χ4v) is 5.93. The van der Waals surface area contributed by atoms with Crippen LogP contribution >= 0.6 is 11.8 Å². The Morgan fingerprint density at radius 2 is 2.07 bits per heavy atom. The van der Waals surface area contributed by atoms with E-state index in [1.54, 1.807) is 12.3 Å². The number of hydrogen-bond acceptors (Lipinski definition) is 10. The van der Waals surface area contributed by atoms with Gasteiger partial charge in [-0.25, -0.2) is 9.97 Å². The Balaban J connectivity index is 1.56. The van der Waals surface area contributed by atoms with Crippen molar-refractivity contribution in [2.75, 3.05) is 63.9 Å². The first-order valence-corrected chi connectivity index (χ1v) is 14.5. The van der Waals surface area contributed by atoms with E-state index in [0.717, 1.165) is 47.5 Å². The summed E-state index contributed by atoms with van der Waals surface area (Å²) in [5.74, 6) is 1.25. The Hall–Kier alpha value is -3.87. The predicted octanol–water partition coefficient (Wildman–Crippen LogP) is 4.79. The number of ether oxygens (including phenoxy) is 1. The molecule has 216 valence electrons. The lowest BCUT2D eigenvalue weighted by atomic mass is 10.0. The van der Waals surface area contributed by atoms with Gasteiger partial charge in [-0.15, -0.1) is 11.8 Å². The van der Waals surface area contributed by atoms with Gasteiger partial charge in [0.05, 0.1) is 40.4 Å².